The normalized spacial score (nSPS) is 10.5. The number of hydrogen-bond donors (Lipinski definition) is 0. The third-order valence-corrected chi connectivity index (χ3v) is 1.91. The van der Waals surface area contributed by atoms with Gasteiger partial charge >= 0.3 is 0 Å². The zero-order valence-corrected chi connectivity index (χ0v) is 7.55. The van der Waals surface area contributed by atoms with E-state index in [1.54, 1.807) is 0 Å². The first-order chi connectivity index (χ1) is 7.22. The first-order valence-electron chi connectivity index (χ1n) is 4.17. The number of halogens is 1. The van der Waals surface area contributed by atoms with E-state index in [0.717, 1.165) is 23.0 Å². The Morgan fingerprint density at radius 1 is 1.40 bits per heavy atom. The van der Waals surface area contributed by atoms with Crippen molar-refractivity contribution in [2.24, 2.45) is 0 Å². The molecule has 0 aliphatic rings. The van der Waals surface area contributed by atoms with Gasteiger partial charge in [-0.2, -0.15) is 0 Å². The molecule has 0 saturated carbocycles. The number of aromatic nitrogens is 3. The highest BCUT2D eigenvalue weighted by Gasteiger charge is 2.05. The lowest BCUT2D eigenvalue weighted by Crippen LogP contribution is -2.21. The van der Waals surface area contributed by atoms with Crippen LogP contribution in [-0.4, -0.2) is 20.8 Å². The van der Waals surface area contributed by atoms with Gasteiger partial charge in [0.25, 0.3) is 5.56 Å². The number of fused-ring (bicyclic) bond motifs is 1. The van der Waals surface area contributed by atoms with E-state index in [-0.39, 0.29) is 17.7 Å². The molecule has 15 heavy (non-hydrogen) atoms. The van der Waals surface area contributed by atoms with Crippen LogP contribution in [0.25, 0.3) is 11.2 Å². The van der Waals surface area contributed by atoms with Gasteiger partial charge in [-0.3, -0.25) is 9.36 Å². The van der Waals surface area contributed by atoms with Crippen molar-refractivity contribution in [3.8, 4) is 0 Å². The van der Waals surface area contributed by atoms with Crippen LogP contribution in [0.4, 0.5) is 4.39 Å². The molecular weight excluding hydrogens is 201 g/mol. The molecule has 0 aliphatic heterocycles. The van der Waals surface area contributed by atoms with Gasteiger partial charge in [0, 0.05) is 6.07 Å². The molecule has 2 rings (SSSR count). The van der Waals surface area contributed by atoms with E-state index >= 15 is 0 Å². The molecule has 0 spiro atoms. The average Bonchev–Trinajstić information content (AvgIpc) is 2.22. The Kier molecular flexibility index (Phi) is 2.24. The Hall–Kier alpha value is -2.11. The SMILES string of the molecule is O=CCn1c(=O)cnc2cc(F)cnc21. The highest BCUT2D eigenvalue weighted by Crippen LogP contribution is 2.06. The molecule has 2 aromatic rings. The summed E-state index contributed by atoms with van der Waals surface area (Å²) in [5.41, 5.74) is 0.0150. The van der Waals surface area contributed by atoms with Gasteiger partial charge in [0.1, 0.15) is 17.6 Å². The van der Waals surface area contributed by atoms with Gasteiger partial charge in [0.15, 0.2) is 5.65 Å². The Labute approximate surface area is 83.2 Å². The number of hydrogen-bond acceptors (Lipinski definition) is 4. The minimum Gasteiger partial charge on any atom is -0.301 e. The molecule has 6 heteroatoms. The Bertz CT molecular complexity index is 579. The van der Waals surface area contributed by atoms with E-state index in [9.17, 15) is 14.0 Å². The second-order valence-electron chi connectivity index (χ2n) is 2.87. The lowest BCUT2D eigenvalue weighted by Gasteiger charge is -2.03. The summed E-state index contributed by atoms with van der Waals surface area (Å²) in [7, 11) is 0. The second-order valence-corrected chi connectivity index (χ2v) is 2.87. The van der Waals surface area contributed by atoms with Gasteiger partial charge in [-0.25, -0.2) is 14.4 Å². The topological polar surface area (TPSA) is 64.8 Å². The van der Waals surface area contributed by atoms with E-state index in [2.05, 4.69) is 9.97 Å². The fraction of sp³-hybridized carbons (Fsp3) is 0.111. The lowest BCUT2D eigenvalue weighted by atomic mass is 10.4. The van der Waals surface area contributed by atoms with E-state index in [1.807, 2.05) is 0 Å². The first kappa shape index (κ1) is 9.45. The summed E-state index contributed by atoms with van der Waals surface area (Å²) < 4.78 is 13.9. The summed E-state index contributed by atoms with van der Waals surface area (Å²) in [6.45, 7) is -0.115. The molecule has 0 unspecified atom stereocenters. The van der Waals surface area contributed by atoms with Crippen LogP contribution in [-0.2, 0) is 11.3 Å². The zero-order valence-electron chi connectivity index (χ0n) is 7.55. The zero-order chi connectivity index (χ0) is 10.8. The molecule has 0 fully saturated rings. The summed E-state index contributed by atoms with van der Waals surface area (Å²) in [4.78, 5) is 29.1. The summed E-state index contributed by atoms with van der Waals surface area (Å²) in [6, 6.07) is 1.16. The number of carbonyl (C=O) groups is 1. The fourth-order valence-electron chi connectivity index (χ4n) is 1.27. The highest BCUT2D eigenvalue weighted by atomic mass is 19.1. The Morgan fingerprint density at radius 3 is 2.93 bits per heavy atom. The predicted octanol–water partition coefficient (Wildman–Crippen LogP) is 0.129. The van der Waals surface area contributed by atoms with Crippen molar-refractivity contribution < 1.29 is 9.18 Å². The van der Waals surface area contributed by atoms with Gasteiger partial charge in [-0.15, -0.1) is 0 Å². The third-order valence-electron chi connectivity index (χ3n) is 1.91. The molecule has 2 heterocycles. The third kappa shape index (κ3) is 1.61. The van der Waals surface area contributed by atoms with Crippen LogP contribution in [0.15, 0.2) is 23.3 Å². The van der Waals surface area contributed by atoms with E-state index in [4.69, 9.17) is 0 Å². The van der Waals surface area contributed by atoms with Crippen molar-refractivity contribution >= 4 is 17.5 Å². The van der Waals surface area contributed by atoms with Crippen molar-refractivity contribution in [1.29, 1.82) is 0 Å². The number of pyridine rings is 1. The Morgan fingerprint density at radius 2 is 2.20 bits per heavy atom. The van der Waals surface area contributed by atoms with Crippen molar-refractivity contribution in [3.63, 3.8) is 0 Å². The maximum Gasteiger partial charge on any atom is 0.271 e. The fourth-order valence-corrected chi connectivity index (χ4v) is 1.27. The van der Waals surface area contributed by atoms with Crippen LogP contribution < -0.4 is 5.56 Å². The Balaban J connectivity index is 2.81. The summed E-state index contributed by atoms with van der Waals surface area (Å²) in [5, 5.41) is 0. The molecule has 0 atom stereocenters. The van der Waals surface area contributed by atoms with Crippen LogP contribution in [0, 0.1) is 5.82 Å². The van der Waals surface area contributed by atoms with Crippen molar-refractivity contribution in [3.05, 3.63) is 34.6 Å². The van der Waals surface area contributed by atoms with E-state index in [1.165, 1.54) is 0 Å². The maximum atomic E-state index is 12.8. The van der Waals surface area contributed by atoms with Crippen LogP contribution >= 0.6 is 0 Å². The molecule has 76 valence electrons. The summed E-state index contributed by atoms with van der Waals surface area (Å²) in [6.07, 6.45) is 2.59. The summed E-state index contributed by atoms with van der Waals surface area (Å²) in [5.74, 6) is -0.536. The molecule has 5 nitrogen and oxygen atoms in total. The van der Waals surface area contributed by atoms with Crippen molar-refractivity contribution in [2.45, 2.75) is 6.54 Å². The number of nitrogens with zero attached hydrogens (tertiary/aromatic N) is 3. The molecule has 0 aromatic carbocycles. The van der Waals surface area contributed by atoms with Crippen molar-refractivity contribution in [2.75, 3.05) is 0 Å². The number of rotatable bonds is 2. The average molecular weight is 207 g/mol. The highest BCUT2D eigenvalue weighted by molar-refractivity contribution is 5.70. The molecule has 2 aromatic heterocycles. The van der Waals surface area contributed by atoms with Crippen LogP contribution in [0.5, 0.6) is 0 Å². The lowest BCUT2D eigenvalue weighted by molar-refractivity contribution is -0.108. The first-order valence-corrected chi connectivity index (χ1v) is 4.17. The van der Waals surface area contributed by atoms with Gasteiger partial charge in [-0.1, -0.05) is 0 Å². The molecule has 0 bridgehead atoms. The van der Waals surface area contributed by atoms with Gasteiger partial charge < -0.3 is 4.79 Å². The molecule has 0 saturated heterocycles. The number of carbonyl (C=O) groups excluding carboxylic acids is 1. The smallest absolute Gasteiger partial charge is 0.271 e. The number of aldehydes is 1. The van der Waals surface area contributed by atoms with Crippen molar-refractivity contribution in [1.82, 2.24) is 14.5 Å². The molecule has 0 radical (unpaired) electrons. The quantitative estimate of drug-likeness (QED) is 0.656. The van der Waals surface area contributed by atoms with Gasteiger partial charge in [-0.05, 0) is 0 Å². The minimum atomic E-state index is -0.536. The van der Waals surface area contributed by atoms with Gasteiger partial charge in [0.2, 0.25) is 0 Å². The summed E-state index contributed by atoms with van der Waals surface area (Å²) >= 11 is 0. The molecular formula is C9H6FN3O2. The standard InChI is InChI=1S/C9H6FN3O2/c10-6-3-7-9(12-4-6)13(1-2-14)8(15)5-11-7/h2-5H,1H2. The van der Waals surface area contributed by atoms with E-state index in [0.29, 0.717) is 6.29 Å². The minimum absolute atomic E-state index is 0.115. The monoisotopic (exact) mass is 207 g/mol. The van der Waals surface area contributed by atoms with Crippen LogP contribution in [0.1, 0.15) is 0 Å². The molecule has 0 N–H and O–H groups in total. The van der Waals surface area contributed by atoms with Crippen LogP contribution in [0.2, 0.25) is 0 Å². The van der Waals surface area contributed by atoms with Crippen LogP contribution in [0.3, 0.4) is 0 Å². The molecule has 0 amide bonds. The molecule has 0 aliphatic carbocycles. The van der Waals surface area contributed by atoms with E-state index < -0.39 is 11.4 Å². The predicted molar refractivity (Wildman–Crippen MR) is 49.8 cm³/mol. The van der Waals surface area contributed by atoms with Gasteiger partial charge in [0.05, 0.1) is 18.9 Å². The largest absolute Gasteiger partial charge is 0.301 e. The second kappa shape index (κ2) is 3.56. The maximum absolute atomic E-state index is 12.8.